The summed E-state index contributed by atoms with van der Waals surface area (Å²) in [6.07, 6.45) is 1.69. The lowest BCUT2D eigenvalue weighted by atomic mass is 10.1. The molecule has 0 radical (unpaired) electrons. The van der Waals surface area contributed by atoms with Crippen molar-refractivity contribution < 1.29 is 9.53 Å². The standard InChI is InChI=1S/C21H28N4O2/c1-3-25(19-6-4-5-17(2)15-19)21(26)18-7-8-22-20(16-18)23-9-10-24-11-13-27-14-12-24/h4-8,15-16H,3,9-14H2,1-2H3,(H,22,23). The zero-order valence-electron chi connectivity index (χ0n) is 16.1. The molecule has 1 aliphatic heterocycles. The fraction of sp³-hybridized carbons (Fsp3) is 0.429. The van der Waals surface area contributed by atoms with Gasteiger partial charge in [0.25, 0.3) is 5.91 Å². The summed E-state index contributed by atoms with van der Waals surface area (Å²) in [7, 11) is 0. The van der Waals surface area contributed by atoms with Crippen molar-refractivity contribution in [3.63, 3.8) is 0 Å². The van der Waals surface area contributed by atoms with E-state index in [1.807, 2.05) is 44.2 Å². The minimum absolute atomic E-state index is 0.0123. The van der Waals surface area contributed by atoms with Crippen molar-refractivity contribution in [2.45, 2.75) is 13.8 Å². The number of benzene rings is 1. The van der Waals surface area contributed by atoms with Gasteiger partial charge < -0.3 is 15.0 Å². The van der Waals surface area contributed by atoms with Gasteiger partial charge in [-0.1, -0.05) is 12.1 Å². The first-order chi connectivity index (χ1) is 13.2. The molecule has 1 fully saturated rings. The topological polar surface area (TPSA) is 57.7 Å². The molecule has 144 valence electrons. The Morgan fingerprint density at radius 3 is 2.81 bits per heavy atom. The number of amides is 1. The first-order valence-corrected chi connectivity index (χ1v) is 9.56. The fourth-order valence-corrected chi connectivity index (χ4v) is 3.22. The molecular weight excluding hydrogens is 340 g/mol. The second-order valence-corrected chi connectivity index (χ2v) is 6.70. The van der Waals surface area contributed by atoms with E-state index in [0.29, 0.717) is 12.1 Å². The van der Waals surface area contributed by atoms with Gasteiger partial charge in [-0.05, 0) is 43.7 Å². The van der Waals surface area contributed by atoms with Crippen LogP contribution in [0.3, 0.4) is 0 Å². The first kappa shape index (κ1) is 19.3. The van der Waals surface area contributed by atoms with E-state index in [0.717, 1.165) is 56.5 Å². The lowest BCUT2D eigenvalue weighted by Gasteiger charge is -2.26. The van der Waals surface area contributed by atoms with E-state index in [2.05, 4.69) is 15.2 Å². The van der Waals surface area contributed by atoms with E-state index < -0.39 is 0 Å². The highest BCUT2D eigenvalue weighted by Gasteiger charge is 2.17. The van der Waals surface area contributed by atoms with Crippen LogP contribution in [0.5, 0.6) is 0 Å². The van der Waals surface area contributed by atoms with Crippen LogP contribution in [0, 0.1) is 6.92 Å². The molecule has 2 heterocycles. The minimum Gasteiger partial charge on any atom is -0.379 e. The van der Waals surface area contributed by atoms with Gasteiger partial charge in [0.05, 0.1) is 13.2 Å². The number of morpholine rings is 1. The van der Waals surface area contributed by atoms with Crippen LogP contribution in [-0.2, 0) is 4.74 Å². The summed E-state index contributed by atoms with van der Waals surface area (Å²) in [5, 5.41) is 3.33. The van der Waals surface area contributed by atoms with E-state index in [1.165, 1.54) is 0 Å². The lowest BCUT2D eigenvalue weighted by Crippen LogP contribution is -2.39. The Morgan fingerprint density at radius 1 is 1.26 bits per heavy atom. The van der Waals surface area contributed by atoms with Crippen LogP contribution in [0.4, 0.5) is 11.5 Å². The third-order valence-corrected chi connectivity index (χ3v) is 4.72. The number of carbonyl (C=O) groups excluding carboxylic acids is 1. The average Bonchev–Trinajstić information content (AvgIpc) is 2.70. The Labute approximate surface area is 161 Å². The summed E-state index contributed by atoms with van der Waals surface area (Å²) < 4.78 is 5.37. The highest BCUT2D eigenvalue weighted by molar-refractivity contribution is 6.06. The summed E-state index contributed by atoms with van der Waals surface area (Å²) in [6, 6.07) is 11.6. The predicted molar refractivity (Wildman–Crippen MR) is 109 cm³/mol. The molecule has 2 aromatic rings. The molecule has 6 heteroatoms. The van der Waals surface area contributed by atoms with Gasteiger partial charge >= 0.3 is 0 Å². The Morgan fingerprint density at radius 2 is 2.07 bits per heavy atom. The number of aryl methyl sites for hydroxylation is 1. The molecule has 0 unspecified atom stereocenters. The van der Waals surface area contributed by atoms with Crippen LogP contribution in [0.15, 0.2) is 42.6 Å². The molecule has 1 amide bonds. The highest BCUT2D eigenvalue weighted by atomic mass is 16.5. The second-order valence-electron chi connectivity index (χ2n) is 6.70. The highest BCUT2D eigenvalue weighted by Crippen LogP contribution is 2.19. The third kappa shape index (κ3) is 5.28. The van der Waals surface area contributed by atoms with Crippen molar-refractivity contribution in [2.24, 2.45) is 0 Å². The van der Waals surface area contributed by atoms with Crippen molar-refractivity contribution in [3.05, 3.63) is 53.7 Å². The van der Waals surface area contributed by atoms with Crippen LogP contribution in [0.25, 0.3) is 0 Å². The average molecular weight is 368 g/mol. The molecule has 1 aromatic carbocycles. The number of carbonyl (C=O) groups is 1. The van der Waals surface area contributed by atoms with Gasteiger partial charge in [0.2, 0.25) is 0 Å². The van der Waals surface area contributed by atoms with Crippen molar-refractivity contribution in [2.75, 3.05) is 56.2 Å². The Bertz CT molecular complexity index is 759. The maximum Gasteiger partial charge on any atom is 0.258 e. The maximum absolute atomic E-state index is 13.0. The summed E-state index contributed by atoms with van der Waals surface area (Å²) in [5.41, 5.74) is 2.70. The van der Waals surface area contributed by atoms with Gasteiger partial charge in [-0.15, -0.1) is 0 Å². The van der Waals surface area contributed by atoms with Crippen molar-refractivity contribution in [1.29, 1.82) is 0 Å². The van der Waals surface area contributed by atoms with Gasteiger partial charge in [0, 0.05) is 50.2 Å². The van der Waals surface area contributed by atoms with Crippen molar-refractivity contribution >= 4 is 17.4 Å². The molecule has 0 spiro atoms. The quantitative estimate of drug-likeness (QED) is 0.814. The van der Waals surface area contributed by atoms with Crippen LogP contribution in [0.1, 0.15) is 22.8 Å². The second kappa shape index (κ2) is 9.48. The molecule has 27 heavy (non-hydrogen) atoms. The Balaban J connectivity index is 1.63. The van der Waals surface area contributed by atoms with E-state index >= 15 is 0 Å². The normalized spacial score (nSPS) is 14.7. The number of nitrogens with zero attached hydrogens (tertiary/aromatic N) is 3. The van der Waals surface area contributed by atoms with Crippen LogP contribution < -0.4 is 10.2 Å². The van der Waals surface area contributed by atoms with Crippen LogP contribution >= 0.6 is 0 Å². The predicted octanol–water partition coefficient (Wildman–Crippen LogP) is 2.80. The molecule has 1 saturated heterocycles. The van der Waals surface area contributed by atoms with Crippen molar-refractivity contribution in [3.8, 4) is 0 Å². The van der Waals surface area contributed by atoms with Crippen LogP contribution in [0.2, 0.25) is 0 Å². The molecule has 3 rings (SSSR count). The molecular formula is C21H28N4O2. The molecule has 6 nitrogen and oxygen atoms in total. The summed E-state index contributed by atoms with van der Waals surface area (Å²) in [4.78, 5) is 21.5. The molecule has 1 N–H and O–H groups in total. The monoisotopic (exact) mass is 368 g/mol. The van der Waals surface area contributed by atoms with Gasteiger partial charge in [0.15, 0.2) is 0 Å². The zero-order chi connectivity index (χ0) is 19.1. The largest absolute Gasteiger partial charge is 0.379 e. The van der Waals surface area contributed by atoms with Gasteiger partial charge in [-0.2, -0.15) is 0 Å². The van der Waals surface area contributed by atoms with Crippen LogP contribution in [-0.4, -0.2) is 61.7 Å². The first-order valence-electron chi connectivity index (χ1n) is 9.56. The number of aromatic nitrogens is 1. The number of rotatable bonds is 7. The summed E-state index contributed by atoms with van der Waals surface area (Å²) in [5.74, 6) is 0.719. The molecule has 1 aliphatic rings. The van der Waals surface area contributed by atoms with Crippen molar-refractivity contribution in [1.82, 2.24) is 9.88 Å². The Kier molecular flexibility index (Phi) is 6.79. The molecule has 0 saturated carbocycles. The molecule has 0 atom stereocenters. The third-order valence-electron chi connectivity index (χ3n) is 4.72. The Hall–Kier alpha value is -2.44. The minimum atomic E-state index is -0.0123. The molecule has 0 bridgehead atoms. The van der Waals surface area contributed by atoms with E-state index in [1.54, 1.807) is 17.2 Å². The fourth-order valence-electron chi connectivity index (χ4n) is 3.22. The van der Waals surface area contributed by atoms with Gasteiger partial charge in [-0.25, -0.2) is 4.98 Å². The summed E-state index contributed by atoms with van der Waals surface area (Å²) in [6.45, 7) is 9.90. The number of hydrogen-bond acceptors (Lipinski definition) is 5. The number of pyridine rings is 1. The number of anilines is 2. The van der Waals surface area contributed by atoms with E-state index in [9.17, 15) is 4.79 Å². The van der Waals surface area contributed by atoms with E-state index in [4.69, 9.17) is 4.74 Å². The smallest absolute Gasteiger partial charge is 0.258 e. The SMILES string of the molecule is CCN(C(=O)c1ccnc(NCCN2CCOCC2)c1)c1cccc(C)c1. The maximum atomic E-state index is 13.0. The van der Waals surface area contributed by atoms with E-state index in [-0.39, 0.29) is 5.91 Å². The number of hydrogen-bond donors (Lipinski definition) is 1. The number of nitrogens with one attached hydrogen (secondary N) is 1. The van der Waals surface area contributed by atoms with Gasteiger partial charge in [0.1, 0.15) is 5.82 Å². The molecule has 1 aromatic heterocycles. The summed E-state index contributed by atoms with van der Waals surface area (Å²) >= 11 is 0. The zero-order valence-corrected chi connectivity index (χ0v) is 16.1. The van der Waals surface area contributed by atoms with Gasteiger partial charge in [-0.3, -0.25) is 9.69 Å². The lowest BCUT2D eigenvalue weighted by molar-refractivity contribution is 0.0398. The molecule has 0 aliphatic carbocycles. The number of ether oxygens (including phenoxy) is 1.